The molecule has 116 valence electrons. The normalized spacial score (nSPS) is 10.3. The van der Waals surface area contributed by atoms with Gasteiger partial charge in [-0.3, -0.25) is 10.1 Å². The molecule has 0 bridgehead atoms. The summed E-state index contributed by atoms with van der Waals surface area (Å²) in [6.07, 6.45) is 0. The molecule has 1 aromatic carbocycles. The number of amides is 3. The number of nitrogens with one attached hydrogen (secondary N) is 2. The summed E-state index contributed by atoms with van der Waals surface area (Å²) in [5.74, 6) is 5.13. The van der Waals surface area contributed by atoms with Crippen molar-refractivity contribution in [1.82, 2.24) is 25.5 Å². The summed E-state index contributed by atoms with van der Waals surface area (Å²) >= 11 is 1.01. The fraction of sp³-hybridized carbons (Fsp3) is 0.167. The largest absolute Gasteiger partial charge is 0.341 e. The van der Waals surface area contributed by atoms with E-state index in [1.807, 2.05) is 0 Å². The number of benzene rings is 1. The molecule has 22 heavy (non-hydrogen) atoms. The first kappa shape index (κ1) is 15.8. The van der Waals surface area contributed by atoms with Gasteiger partial charge in [0, 0.05) is 12.6 Å². The van der Waals surface area contributed by atoms with E-state index >= 15 is 0 Å². The van der Waals surface area contributed by atoms with Gasteiger partial charge in [-0.1, -0.05) is 23.9 Å². The summed E-state index contributed by atoms with van der Waals surface area (Å²) < 4.78 is 14.4. The Bertz CT molecular complexity index is 705. The Morgan fingerprint density at radius 2 is 2.18 bits per heavy atom. The SMILES string of the molecule is CNC(=O)NC(=O)CSc1nnc(-c2cccc(F)c2)n1N. The molecule has 8 nitrogen and oxygen atoms in total. The Kier molecular flexibility index (Phi) is 4.94. The highest BCUT2D eigenvalue weighted by Crippen LogP contribution is 2.21. The van der Waals surface area contributed by atoms with Crippen molar-refractivity contribution in [2.45, 2.75) is 5.16 Å². The lowest BCUT2D eigenvalue weighted by atomic mass is 10.2. The third-order valence-corrected chi connectivity index (χ3v) is 3.50. The van der Waals surface area contributed by atoms with Crippen LogP contribution < -0.4 is 16.5 Å². The number of nitrogens with two attached hydrogens (primary N) is 1. The zero-order valence-electron chi connectivity index (χ0n) is 11.5. The van der Waals surface area contributed by atoms with Gasteiger partial charge in [-0.25, -0.2) is 13.9 Å². The lowest BCUT2D eigenvalue weighted by Gasteiger charge is -2.04. The topological polar surface area (TPSA) is 115 Å². The van der Waals surface area contributed by atoms with Crippen LogP contribution in [0.3, 0.4) is 0 Å². The molecule has 0 unspecified atom stereocenters. The predicted molar refractivity (Wildman–Crippen MR) is 78.9 cm³/mol. The number of aromatic nitrogens is 3. The molecule has 10 heteroatoms. The van der Waals surface area contributed by atoms with Crippen LogP contribution in [0.2, 0.25) is 0 Å². The number of nitrogen functional groups attached to an aromatic ring is 1. The summed E-state index contributed by atoms with van der Waals surface area (Å²) in [5, 5.41) is 12.4. The zero-order chi connectivity index (χ0) is 16.1. The van der Waals surface area contributed by atoms with E-state index in [1.54, 1.807) is 6.07 Å². The third-order valence-electron chi connectivity index (χ3n) is 2.56. The van der Waals surface area contributed by atoms with Crippen LogP contribution in [-0.2, 0) is 4.79 Å². The predicted octanol–water partition coefficient (Wildman–Crippen LogP) is 0.346. The molecular formula is C12H13FN6O2S. The number of halogens is 1. The van der Waals surface area contributed by atoms with Gasteiger partial charge in [0.2, 0.25) is 11.1 Å². The Morgan fingerprint density at radius 3 is 2.86 bits per heavy atom. The van der Waals surface area contributed by atoms with Crippen LogP contribution in [0.1, 0.15) is 0 Å². The second-order valence-electron chi connectivity index (χ2n) is 4.10. The minimum Gasteiger partial charge on any atom is -0.341 e. The van der Waals surface area contributed by atoms with Gasteiger partial charge >= 0.3 is 6.03 Å². The molecule has 0 fully saturated rings. The maximum Gasteiger partial charge on any atom is 0.321 e. The number of urea groups is 1. The van der Waals surface area contributed by atoms with Crippen molar-refractivity contribution in [1.29, 1.82) is 0 Å². The van der Waals surface area contributed by atoms with E-state index < -0.39 is 17.8 Å². The molecule has 0 spiro atoms. The molecule has 3 amide bonds. The van der Waals surface area contributed by atoms with Gasteiger partial charge < -0.3 is 11.2 Å². The van der Waals surface area contributed by atoms with Gasteiger partial charge in [-0.2, -0.15) is 0 Å². The first-order valence-corrected chi connectivity index (χ1v) is 7.10. The molecule has 2 aromatic rings. The molecule has 0 aliphatic rings. The van der Waals surface area contributed by atoms with Gasteiger partial charge in [0.05, 0.1) is 5.75 Å². The summed E-state index contributed by atoms with van der Waals surface area (Å²) in [6.45, 7) is 0. The maximum absolute atomic E-state index is 13.2. The van der Waals surface area contributed by atoms with E-state index in [-0.39, 0.29) is 16.7 Å². The van der Waals surface area contributed by atoms with Crippen LogP contribution in [0.25, 0.3) is 11.4 Å². The molecule has 0 aliphatic heterocycles. The zero-order valence-corrected chi connectivity index (χ0v) is 12.4. The molecule has 1 aromatic heterocycles. The summed E-state index contributed by atoms with van der Waals surface area (Å²) in [6, 6.07) is 5.16. The van der Waals surface area contributed by atoms with E-state index in [2.05, 4.69) is 20.8 Å². The Hall–Kier alpha value is -2.62. The average Bonchev–Trinajstić information content (AvgIpc) is 2.86. The van der Waals surface area contributed by atoms with E-state index in [0.29, 0.717) is 5.56 Å². The smallest absolute Gasteiger partial charge is 0.321 e. The third kappa shape index (κ3) is 3.73. The van der Waals surface area contributed by atoms with Gasteiger partial charge in [0.25, 0.3) is 0 Å². The van der Waals surface area contributed by atoms with Crippen molar-refractivity contribution in [2.75, 3.05) is 18.6 Å². The minimum atomic E-state index is -0.597. The number of hydrogen-bond acceptors (Lipinski definition) is 6. The first-order chi connectivity index (χ1) is 10.5. The van der Waals surface area contributed by atoms with Crippen molar-refractivity contribution in [3.63, 3.8) is 0 Å². The summed E-state index contributed by atoms with van der Waals surface area (Å²) in [4.78, 5) is 22.5. The molecule has 1 heterocycles. The second-order valence-corrected chi connectivity index (χ2v) is 5.05. The molecule has 0 saturated carbocycles. The maximum atomic E-state index is 13.2. The molecule has 2 rings (SSSR count). The molecule has 4 N–H and O–H groups in total. The van der Waals surface area contributed by atoms with Gasteiger partial charge in [-0.15, -0.1) is 10.2 Å². The van der Waals surface area contributed by atoms with E-state index in [0.717, 1.165) is 16.4 Å². The highest BCUT2D eigenvalue weighted by molar-refractivity contribution is 7.99. The quantitative estimate of drug-likeness (QED) is 0.552. The van der Waals surface area contributed by atoms with E-state index in [9.17, 15) is 14.0 Å². The van der Waals surface area contributed by atoms with Crippen molar-refractivity contribution < 1.29 is 14.0 Å². The Morgan fingerprint density at radius 1 is 1.41 bits per heavy atom. The molecule has 0 saturated heterocycles. The van der Waals surface area contributed by atoms with Crippen LogP contribution in [0.4, 0.5) is 9.18 Å². The number of carbonyl (C=O) groups excluding carboxylic acids is 2. The lowest BCUT2D eigenvalue weighted by molar-refractivity contribution is -0.117. The second kappa shape index (κ2) is 6.89. The molecular weight excluding hydrogens is 311 g/mol. The molecule has 0 aliphatic carbocycles. The fourth-order valence-corrected chi connectivity index (χ4v) is 2.21. The fourth-order valence-electron chi connectivity index (χ4n) is 1.56. The van der Waals surface area contributed by atoms with Crippen LogP contribution in [-0.4, -0.2) is 39.6 Å². The Labute approximate surface area is 129 Å². The molecule has 0 atom stereocenters. The number of nitrogens with zero attached hydrogens (tertiary/aromatic N) is 3. The highest BCUT2D eigenvalue weighted by atomic mass is 32.2. The van der Waals surface area contributed by atoms with Crippen LogP contribution in [0.15, 0.2) is 29.4 Å². The number of thioether (sulfide) groups is 1. The van der Waals surface area contributed by atoms with Gasteiger partial charge in [-0.05, 0) is 12.1 Å². The molecule has 0 radical (unpaired) electrons. The van der Waals surface area contributed by atoms with Crippen LogP contribution >= 0.6 is 11.8 Å². The average molecular weight is 324 g/mol. The van der Waals surface area contributed by atoms with Crippen LogP contribution in [0.5, 0.6) is 0 Å². The first-order valence-electron chi connectivity index (χ1n) is 6.12. The monoisotopic (exact) mass is 324 g/mol. The standard InChI is InChI=1S/C12H13FN6O2S/c1-15-11(21)16-9(20)6-22-12-18-17-10(19(12)14)7-3-2-4-8(13)5-7/h2-5H,6,14H2,1H3,(H2,15,16,20,21). The minimum absolute atomic E-state index is 0.0636. The van der Waals surface area contributed by atoms with Crippen molar-refractivity contribution in [3.05, 3.63) is 30.1 Å². The van der Waals surface area contributed by atoms with E-state index in [1.165, 1.54) is 25.2 Å². The lowest BCUT2D eigenvalue weighted by Crippen LogP contribution is -2.38. The van der Waals surface area contributed by atoms with Crippen LogP contribution in [0, 0.1) is 5.82 Å². The number of hydrogen-bond donors (Lipinski definition) is 3. The summed E-state index contributed by atoms with van der Waals surface area (Å²) in [5.41, 5.74) is 0.469. The van der Waals surface area contributed by atoms with Gasteiger partial charge in [0.1, 0.15) is 5.82 Å². The van der Waals surface area contributed by atoms with Gasteiger partial charge in [0.15, 0.2) is 5.82 Å². The Balaban J connectivity index is 2.05. The summed E-state index contributed by atoms with van der Waals surface area (Å²) in [7, 11) is 1.40. The number of rotatable bonds is 4. The van der Waals surface area contributed by atoms with Crippen molar-refractivity contribution >= 4 is 23.7 Å². The van der Waals surface area contributed by atoms with Crippen molar-refractivity contribution in [2.24, 2.45) is 0 Å². The highest BCUT2D eigenvalue weighted by Gasteiger charge is 2.14. The number of carbonyl (C=O) groups is 2. The van der Waals surface area contributed by atoms with Crippen molar-refractivity contribution in [3.8, 4) is 11.4 Å². The van der Waals surface area contributed by atoms with E-state index in [4.69, 9.17) is 5.84 Å². The number of imide groups is 1.